The van der Waals surface area contributed by atoms with Gasteiger partial charge in [0.05, 0.1) is 0 Å². The molecule has 0 aliphatic rings. The Balaban J connectivity index is -0.000000449. The number of allylic oxidation sites excluding steroid dienone is 2. The van der Waals surface area contributed by atoms with Crippen LogP contribution in [0.5, 0.6) is 0 Å². The fourth-order valence-corrected chi connectivity index (χ4v) is 1.39. The van der Waals surface area contributed by atoms with Gasteiger partial charge in [-0.25, -0.2) is 0 Å². The quantitative estimate of drug-likeness (QED) is 0.407. The van der Waals surface area contributed by atoms with Crippen molar-refractivity contribution in [3.63, 3.8) is 0 Å². The van der Waals surface area contributed by atoms with E-state index >= 15 is 0 Å². The fourth-order valence-electron chi connectivity index (χ4n) is 1.39. The molecule has 2 heteroatoms. The van der Waals surface area contributed by atoms with Crippen LogP contribution in [0.1, 0.15) is 59.8 Å². The molecule has 0 aromatic heterocycles. The van der Waals surface area contributed by atoms with Gasteiger partial charge in [-0.3, -0.25) is 0 Å². The Labute approximate surface area is 109 Å². The van der Waals surface area contributed by atoms with E-state index in [-0.39, 0.29) is 25.2 Å². The molecule has 0 amide bonds. The summed E-state index contributed by atoms with van der Waals surface area (Å²) in [6, 6.07) is 0. The summed E-state index contributed by atoms with van der Waals surface area (Å²) in [6.07, 6.45) is 7.97. The van der Waals surface area contributed by atoms with Crippen molar-refractivity contribution in [2.24, 2.45) is 5.92 Å². The fraction of sp³-hybridized carbons (Fsp3) is 0.769. The van der Waals surface area contributed by atoms with Gasteiger partial charge in [0.15, 0.2) is 0 Å². The molecule has 1 nitrogen and oxygen atoms in total. The minimum Gasteiger partial charge on any atom is -0.876 e. The molecule has 1 atom stereocenters. The Morgan fingerprint density at radius 2 is 1.80 bits per heavy atom. The zero-order valence-electron chi connectivity index (χ0n) is 11.0. The summed E-state index contributed by atoms with van der Waals surface area (Å²) in [5.74, 6) is 0.743. The van der Waals surface area contributed by atoms with Crippen LogP contribution in [0.25, 0.3) is 0 Å². The molecule has 0 fully saturated rings. The van der Waals surface area contributed by atoms with E-state index in [2.05, 4.69) is 20.8 Å². The second kappa shape index (κ2) is 16.6. The Hall–Kier alpha value is 0.163. The maximum Gasteiger partial charge on any atom is 0 e. The third-order valence-corrected chi connectivity index (χ3v) is 2.17. The summed E-state index contributed by atoms with van der Waals surface area (Å²) >= 11 is 0. The molecule has 0 rings (SSSR count). The molecule has 1 unspecified atom stereocenters. The Kier molecular flexibility index (Phi) is 22.7. The summed E-state index contributed by atoms with van der Waals surface area (Å²) in [4.78, 5) is 0. The maximum absolute atomic E-state index is 10.8. The van der Waals surface area contributed by atoms with Crippen molar-refractivity contribution < 1.29 is 24.6 Å². The van der Waals surface area contributed by atoms with Crippen molar-refractivity contribution in [1.82, 2.24) is 0 Å². The maximum atomic E-state index is 10.8. The van der Waals surface area contributed by atoms with Gasteiger partial charge in [-0.2, -0.15) is 0 Å². The van der Waals surface area contributed by atoms with Crippen LogP contribution in [0.4, 0.5) is 0 Å². The monoisotopic (exact) mass is 262 g/mol. The first-order valence-corrected chi connectivity index (χ1v) is 5.76. The third-order valence-electron chi connectivity index (χ3n) is 2.17. The van der Waals surface area contributed by atoms with E-state index in [1.165, 1.54) is 25.7 Å². The van der Waals surface area contributed by atoms with Crippen LogP contribution in [0, 0.1) is 12.8 Å². The molecule has 0 aliphatic heterocycles. The van der Waals surface area contributed by atoms with Crippen molar-refractivity contribution in [2.45, 2.75) is 59.8 Å². The van der Waals surface area contributed by atoms with Gasteiger partial charge in [-0.05, 0) is 18.8 Å². The van der Waals surface area contributed by atoms with Crippen LogP contribution in [-0.2, 0) is 19.5 Å². The van der Waals surface area contributed by atoms with Gasteiger partial charge in [-0.15, -0.1) is 5.76 Å². The van der Waals surface area contributed by atoms with E-state index in [1.54, 1.807) is 13.8 Å². The van der Waals surface area contributed by atoms with Crippen LogP contribution < -0.4 is 5.11 Å². The summed E-state index contributed by atoms with van der Waals surface area (Å²) in [7, 11) is 0. The Bertz CT molecular complexity index is 128. The summed E-state index contributed by atoms with van der Waals surface area (Å²) < 4.78 is 0. The summed E-state index contributed by atoms with van der Waals surface area (Å²) in [5.41, 5.74) is 0. The molecule has 1 radical (unpaired) electrons. The van der Waals surface area contributed by atoms with E-state index in [4.69, 9.17) is 0 Å². The molecule has 0 N–H and O–H groups in total. The van der Waals surface area contributed by atoms with Crippen LogP contribution in [0.2, 0.25) is 0 Å². The van der Waals surface area contributed by atoms with Crippen molar-refractivity contribution in [3.8, 4) is 0 Å². The first-order chi connectivity index (χ1) is 6.70. The average Bonchev–Trinajstić information content (AvgIpc) is 2.19. The molecular weight excluding hydrogens is 238 g/mol. The molecule has 0 saturated carbocycles. The number of hydrogen-bond acceptors (Lipinski definition) is 1. The van der Waals surface area contributed by atoms with Gasteiger partial charge >= 0.3 is 0 Å². The summed E-state index contributed by atoms with van der Waals surface area (Å²) in [5, 5.41) is 10.8. The van der Waals surface area contributed by atoms with Crippen molar-refractivity contribution in [3.05, 3.63) is 18.8 Å². The van der Waals surface area contributed by atoms with Gasteiger partial charge in [0.2, 0.25) is 0 Å². The van der Waals surface area contributed by atoms with E-state index in [0.29, 0.717) is 5.92 Å². The first-order valence-electron chi connectivity index (χ1n) is 5.76. The molecule has 0 aliphatic carbocycles. The smallest absolute Gasteiger partial charge is 0 e. The van der Waals surface area contributed by atoms with Crippen LogP contribution in [0.15, 0.2) is 11.8 Å². The van der Waals surface area contributed by atoms with E-state index in [0.717, 1.165) is 6.42 Å². The predicted molar refractivity (Wildman–Crippen MR) is 62.7 cm³/mol. The number of rotatable bonds is 6. The predicted octanol–water partition coefficient (Wildman–Crippen LogP) is 3.69. The average molecular weight is 264 g/mol. The molecule has 0 spiro atoms. The first kappa shape index (κ1) is 20.6. The Morgan fingerprint density at radius 1 is 1.27 bits per heavy atom. The zero-order valence-corrected chi connectivity index (χ0v) is 14.0. The van der Waals surface area contributed by atoms with Gasteiger partial charge in [-0.1, -0.05) is 60.0 Å². The zero-order chi connectivity index (χ0) is 11.4. The van der Waals surface area contributed by atoms with Crippen LogP contribution in [0.3, 0.4) is 0 Å². The topological polar surface area (TPSA) is 23.1 Å². The third kappa shape index (κ3) is 16.8. The molecular formula is C13H26OZn-. The Morgan fingerprint density at radius 3 is 2.13 bits per heavy atom. The second-order valence-electron chi connectivity index (χ2n) is 3.44. The summed E-state index contributed by atoms with van der Waals surface area (Å²) in [6.45, 7) is 11.0. The van der Waals surface area contributed by atoms with Gasteiger partial charge in [0, 0.05) is 19.5 Å². The second-order valence-corrected chi connectivity index (χ2v) is 3.44. The largest absolute Gasteiger partial charge is 0.876 e. The SMILES string of the molecule is CCCCCC(/C=C(\C)[O-])CC.[CH2]C.[Zn]. The van der Waals surface area contributed by atoms with Gasteiger partial charge in [0.25, 0.3) is 0 Å². The molecule has 0 heterocycles. The number of unbranched alkanes of at least 4 members (excludes halogenated alkanes) is 2. The van der Waals surface area contributed by atoms with E-state index < -0.39 is 0 Å². The van der Waals surface area contributed by atoms with Crippen LogP contribution >= 0.6 is 0 Å². The molecule has 0 aromatic carbocycles. The van der Waals surface area contributed by atoms with Crippen LogP contribution in [-0.4, -0.2) is 0 Å². The van der Waals surface area contributed by atoms with Gasteiger partial charge < -0.3 is 5.11 Å². The molecule has 0 bridgehead atoms. The van der Waals surface area contributed by atoms with E-state index in [9.17, 15) is 5.11 Å². The standard InChI is InChI=1S/C11H22O.C2H5.Zn/c1-4-6-7-8-11(5-2)9-10(3)12;1-2;/h9,11-12H,4-8H2,1-3H3;1H2,2H3;/p-1/b10-9+;;. The van der Waals surface area contributed by atoms with E-state index in [1.807, 2.05) is 6.08 Å². The van der Waals surface area contributed by atoms with Crippen molar-refractivity contribution in [1.29, 1.82) is 0 Å². The van der Waals surface area contributed by atoms with Crippen molar-refractivity contribution in [2.75, 3.05) is 0 Å². The minimum absolute atomic E-state index is 0. The normalized spacial score (nSPS) is 12.2. The molecule has 0 aromatic rings. The van der Waals surface area contributed by atoms with Gasteiger partial charge in [0.1, 0.15) is 0 Å². The molecule has 15 heavy (non-hydrogen) atoms. The number of hydrogen-bond donors (Lipinski definition) is 0. The van der Waals surface area contributed by atoms with Crippen molar-refractivity contribution >= 4 is 0 Å². The molecule has 87 valence electrons. The minimum atomic E-state index is 0. The molecule has 0 saturated heterocycles.